The molecule has 1 aliphatic heterocycles. The summed E-state index contributed by atoms with van der Waals surface area (Å²) in [5, 5.41) is 7.86. The van der Waals surface area contributed by atoms with Crippen molar-refractivity contribution in [3.05, 3.63) is 30.2 Å². The molecule has 0 radical (unpaired) electrons. The van der Waals surface area contributed by atoms with Crippen molar-refractivity contribution in [2.45, 2.75) is 32.2 Å². The highest BCUT2D eigenvalue weighted by Gasteiger charge is 2.24. The fourth-order valence-corrected chi connectivity index (χ4v) is 2.62. The standard InChI is InChI=1S/C13H17FN6/c1-2-11-12(14)13(16-9-15-11)19-6-3-10(4-7-19)20-8-5-17-18-20/h5,8-10H,2-4,6-7H2,1H3. The van der Waals surface area contributed by atoms with Gasteiger partial charge < -0.3 is 4.90 Å². The first-order valence-corrected chi connectivity index (χ1v) is 6.89. The fraction of sp³-hybridized carbons (Fsp3) is 0.538. The highest BCUT2D eigenvalue weighted by Crippen LogP contribution is 2.26. The lowest BCUT2D eigenvalue weighted by Gasteiger charge is -2.32. The minimum Gasteiger partial charge on any atom is -0.354 e. The summed E-state index contributed by atoms with van der Waals surface area (Å²) in [7, 11) is 0. The van der Waals surface area contributed by atoms with Crippen molar-refractivity contribution >= 4 is 5.82 Å². The molecular weight excluding hydrogens is 259 g/mol. The van der Waals surface area contributed by atoms with Crippen LogP contribution >= 0.6 is 0 Å². The molecule has 2 aromatic rings. The molecule has 0 spiro atoms. The predicted octanol–water partition coefficient (Wildman–Crippen LogP) is 1.61. The highest BCUT2D eigenvalue weighted by molar-refractivity contribution is 5.41. The van der Waals surface area contributed by atoms with Gasteiger partial charge in [0.2, 0.25) is 0 Å². The monoisotopic (exact) mass is 276 g/mol. The largest absolute Gasteiger partial charge is 0.354 e. The van der Waals surface area contributed by atoms with Gasteiger partial charge in [0, 0.05) is 19.3 Å². The van der Waals surface area contributed by atoms with Crippen molar-refractivity contribution in [1.29, 1.82) is 0 Å². The summed E-state index contributed by atoms with van der Waals surface area (Å²) < 4.78 is 16.1. The molecular formula is C13H17FN6. The molecule has 106 valence electrons. The molecule has 3 rings (SSSR count). The molecule has 1 fully saturated rings. The van der Waals surface area contributed by atoms with E-state index in [2.05, 4.69) is 20.3 Å². The summed E-state index contributed by atoms with van der Waals surface area (Å²) in [6, 6.07) is 0.337. The van der Waals surface area contributed by atoms with E-state index in [9.17, 15) is 4.39 Å². The molecule has 0 aromatic carbocycles. The van der Waals surface area contributed by atoms with Crippen LogP contribution in [0.3, 0.4) is 0 Å². The average Bonchev–Trinajstić information content (AvgIpc) is 3.02. The summed E-state index contributed by atoms with van der Waals surface area (Å²) in [4.78, 5) is 10.1. The Morgan fingerprint density at radius 2 is 2.10 bits per heavy atom. The third-order valence-corrected chi connectivity index (χ3v) is 3.76. The lowest BCUT2D eigenvalue weighted by atomic mass is 10.1. The third-order valence-electron chi connectivity index (χ3n) is 3.76. The normalized spacial score (nSPS) is 16.6. The quantitative estimate of drug-likeness (QED) is 0.852. The molecule has 0 N–H and O–H groups in total. The Morgan fingerprint density at radius 3 is 2.75 bits per heavy atom. The van der Waals surface area contributed by atoms with Crippen LogP contribution in [0.5, 0.6) is 0 Å². The second-order valence-electron chi connectivity index (χ2n) is 4.91. The number of piperidine rings is 1. The molecule has 2 aromatic heterocycles. The lowest BCUT2D eigenvalue weighted by molar-refractivity contribution is 0.357. The van der Waals surface area contributed by atoms with Crippen LogP contribution < -0.4 is 4.90 Å². The summed E-state index contributed by atoms with van der Waals surface area (Å²) in [6.07, 6.45) is 7.41. The molecule has 20 heavy (non-hydrogen) atoms. The van der Waals surface area contributed by atoms with Crippen LogP contribution in [-0.4, -0.2) is 38.1 Å². The van der Waals surface area contributed by atoms with Crippen molar-refractivity contribution in [1.82, 2.24) is 25.0 Å². The van der Waals surface area contributed by atoms with Crippen molar-refractivity contribution in [3.63, 3.8) is 0 Å². The highest BCUT2D eigenvalue weighted by atomic mass is 19.1. The number of aromatic nitrogens is 5. The smallest absolute Gasteiger partial charge is 0.187 e. The number of rotatable bonds is 3. The van der Waals surface area contributed by atoms with E-state index in [0.717, 1.165) is 25.9 Å². The van der Waals surface area contributed by atoms with Crippen LogP contribution in [0.25, 0.3) is 0 Å². The predicted molar refractivity (Wildman–Crippen MR) is 71.9 cm³/mol. The van der Waals surface area contributed by atoms with Gasteiger partial charge in [-0.25, -0.2) is 19.0 Å². The zero-order valence-corrected chi connectivity index (χ0v) is 11.4. The number of hydrogen-bond acceptors (Lipinski definition) is 5. The van der Waals surface area contributed by atoms with Gasteiger partial charge in [0.1, 0.15) is 6.33 Å². The van der Waals surface area contributed by atoms with Gasteiger partial charge in [-0.15, -0.1) is 5.10 Å². The maximum absolute atomic E-state index is 14.2. The summed E-state index contributed by atoms with van der Waals surface area (Å²) in [5.74, 6) is 0.142. The SMILES string of the molecule is CCc1ncnc(N2CCC(n3ccnn3)CC2)c1F. The van der Waals surface area contributed by atoms with E-state index in [1.54, 1.807) is 6.20 Å². The molecule has 0 aliphatic carbocycles. The Balaban J connectivity index is 1.72. The average molecular weight is 276 g/mol. The second kappa shape index (κ2) is 5.52. The van der Waals surface area contributed by atoms with Gasteiger partial charge in [0.15, 0.2) is 11.6 Å². The molecule has 0 amide bonds. The minimum absolute atomic E-state index is 0.283. The first-order chi connectivity index (χ1) is 9.79. The van der Waals surface area contributed by atoms with Crippen molar-refractivity contribution in [2.75, 3.05) is 18.0 Å². The molecule has 0 unspecified atom stereocenters. The van der Waals surface area contributed by atoms with E-state index in [1.807, 2.05) is 22.7 Å². The van der Waals surface area contributed by atoms with Gasteiger partial charge in [-0.3, -0.25) is 0 Å². The molecule has 0 bridgehead atoms. The number of nitrogens with zero attached hydrogens (tertiary/aromatic N) is 6. The Kier molecular flexibility index (Phi) is 3.58. The van der Waals surface area contributed by atoms with E-state index in [4.69, 9.17) is 0 Å². The molecule has 0 saturated carbocycles. The molecule has 3 heterocycles. The zero-order chi connectivity index (χ0) is 13.9. The Morgan fingerprint density at radius 1 is 1.30 bits per heavy atom. The van der Waals surface area contributed by atoms with Crippen LogP contribution in [0.1, 0.15) is 31.5 Å². The number of halogens is 1. The van der Waals surface area contributed by atoms with Crippen LogP contribution in [0.15, 0.2) is 18.7 Å². The lowest BCUT2D eigenvalue weighted by Crippen LogP contribution is -2.36. The first-order valence-electron chi connectivity index (χ1n) is 6.89. The minimum atomic E-state index is -0.283. The van der Waals surface area contributed by atoms with E-state index in [-0.39, 0.29) is 5.82 Å². The van der Waals surface area contributed by atoms with Crippen LogP contribution in [0.2, 0.25) is 0 Å². The van der Waals surface area contributed by atoms with Gasteiger partial charge in [0.25, 0.3) is 0 Å². The third kappa shape index (κ3) is 2.35. The Labute approximate surface area is 116 Å². The molecule has 6 nitrogen and oxygen atoms in total. The Bertz CT molecular complexity index is 562. The van der Waals surface area contributed by atoms with Gasteiger partial charge in [-0.1, -0.05) is 12.1 Å². The second-order valence-corrected chi connectivity index (χ2v) is 4.91. The first kappa shape index (κ1) is 13.0. The summed E-state index contributed by atoms with van der Waals surface area (Å²) >= 11 is 0. The maximum Gasteiger partial charge on any atom is 0.187 e. The van der Waals surface area contributed by atoms with Crippen LogP contribution in [0.4, 0.5) is 10.2 Å². The Hall–Kier alpha value is -2.05. The van der Waals surface area contributed by atoms with E-state index < -0.39 is 0 Å². The molecule has 0 atom stereocenters. The molecule has 1 saturated heterocycles. The fourth-order valence-electron chi connectivity index (χ4n) is 2.62. The molecule has 1 aliphatic rings. The van der Waals surface area contributed by atoms with Crippen molar-refractivity contribution < 1.29 is 4.39 Å². The molecule has 7 heteroatoms. The van der Waals surface area contributed by atoms with Gasteiger partial charge in [0.05, 0.1) is 17.9 Å². The number of hydrogen-bond donors (Lipinski definition) is 0. The summed E-state index contributed by atoms with van der Waals surface area (Å²) in [6.45, 7) is 3.43. The van der Waals surface area contributed by atoms with E-state index in [1.165, 1.54) is 6.33 Å². The topological polar surface area (TPSA) is 59.7 Å². The number of anilines is 1. The van der Waals surface area contributed by atoms with Gasteiger partial charge in [-0.2, -0.15) is 0 Å². The van der Waals surface area contributed by atoms with Gasteiger partial charge >= 0.3 is 0 Å². The number of aryl methyl sites for hydroxylation is 1. The summed E-state index contributed by atoms with van der Waals surface area (Å²) in [5.41, 5.74) is 0.480. The van der Waals surface area contributed by atoms with Crippen molar-refractivity contribution in [2.24, 2.45) is 0 Å². The van der Waals surface area contributed by atoms with E-state index in [0.29, 0.717) is 24.0 Å². The van der Waals surface area contributed by atoms with Gasteiger partial charge in [-0.05, 0) is 19.3 Å². The maximum atomic E-state index is 14.2. The van der Waals surface area contributed by atoms with Crippen LogP contribution in [-0.2, 0) is 6.42 Å². The zero-order valence-electron chi connectivity index (χ0n) is 11.4. The van der Waals surface area contributed by atoms with Crippen LogP contribution in [0, 0.1) is 5.82 Å². The van der Waals surface area contributed by atoms with E-state index >= 15 is 0 Å². The van der Waals surface area contributed by atoms with Crippen molar-refractivity contribution in [3.8, 4) is 0 Å².